The summed E-state index contributed by atoms with van der Waals surface area (Å²) in [5.74, 6) is 0. The second-order valence-electron chi connectivity index (χ2n) is 7.10. The van der Waals surface area contributed by atoms with Crippen LogP contribution in [-0.2, 0) is 0 Å². The summed E-state index contributed by atoms with van der Waals surface area (Å²) in [5.41, 5.74) is 0. The monoisotopic (exact) mass is 606 g/mol. The van der Waals surface area contributed by atoms with Crippen LogP contribution >= 0.6 is 0 Å². The molecule has 0 amide bonds. The molecule has 0 saturated carbocycles. The average Bonchev–Trinajstić information content (AvgIpc) is 1.41. The van der Waals surface area contributed by atoms with Crippen molar-refractivity contribution in [3.05, 3.63) is 0 Å². The minimum atomic E-state index is 0. The van der Waals surface area contributed by atoms with E-state index in [9.17, 15) is 0 Å². The summed E-state index contributed by atoms with van der Waals surface area (Å²) in [5, 5.41) is 0. The van der Waals surface area contributed by atoms with Crippen LogP contribution < -0.4 is 0 Å². The summed E-state index contributed by atoms with van der Waals surface area (Å²) in [6, 6.07) is 0. The summed E-state index contributed by atoms with van der Waals surface area (Å²) >= 11 is 5.38. The van der Waals surface area contributed by atoms with Gasteiger partial charge in [-0.3, -0.25) is 0 Å². The summed E-state index contributed by atoms with van der Waals surface area (Å²) in [6.07, 6.45) is 0. The van der Waals surface area contributed by atoms with Crippen LogP contribution in [0.4, 0.5) is 0 Å². The molecule has 18 heavy (non-hydrogen) atoms. The van der Waals surface area contributed by atoms with Crippen molar-refractivity contribution in [2.45, 2.75) is 74.2 Å². The van der Waals surface area contributed by atoms with E-state index in [0.29, 0.717) is 11.9 Å². The molecule has 102 valence electrons. The number of hydrogen-bond donors (Lipinski definition) is 0. The van der Waals surface area contributed by atoms with Crippen LogP contribution in [0.5, 0.6) is 0 Å². The van der Waals surface area contributed by atoms with Gasteiger partial charge in [0.15, 0.2) is 0 Å². The summed E-state index contributed by atoms with van der Waals surface area (Å²) < 4.78 is 1.69. The Morgan fingerprint density at radius 1 is 0.389 bits per heavy atom. The van der Waals surface area contributed by atoms with Crippen LogP contribution in [0.25, 0.3) is 0 Å². The van der Waals surface area contributed by atoms with Crippen LogP contribution in [0, 0.1) is 0 Å². The van der Waals surface area contributed by atoms with Crippen molar-refractivity contribution < 1.29 is 0 Å². The van der Waals surface area contributed by atoms with Gasteiger partial charge < -0.3 is 0 Å². The van der Waals surface area contributed by atoms with E-state index in [4.69, 9.17) is 0 Å². The SMILES string of the molecule is C[C](C)(C)[Ga].C[C](C)(C)[Ga].C[C](C)(C)[Ga].[AsH].[AsH].[AsH]. The van der Waals surface area contributed by atoms with Crippen LogP contribution in [-0.4, -0.2) is 110 Å². The molecule has 0 nitrogen and oxygen atoms in total. The molecule has 0 spiro atoms. The summed E-state index contributed by atoms with van der Waals surface area (Å²) in [7, 11) is 0. The first-order chi connectivity index (χ1) is 6.00. The Bertz CT molecular complexity index is 97.6. The molecule has 0 rings (SSSR count). The molecular formula is C12H30As3Ga3. The van der Waals surface area contributed by atoms with Gasteiger partial charge in [-0.25, -0.2) is 0 Å². The van der Waals surface area contributed by atoms with Crippen molar-refractivity contribution in [3.63, 3.8) is 0 Å². The van der Waals surface area contributed by atoms with E-state index in [2.05, 4.69) is 62.3 Å². The quantitative estimate of drug-likeness (QED) is 0.371. The third-order valence-electron chi connectivity index (χ3n) is 0. The van der Waals surface area contributed by atoms with Gasteiger partial charge in [0.05, 0.1) is 0 Å². The third-order valence-corrected chi connectivity index (χ3v) is 0. The molecule has 0 aromatic rings. The van der Waals surface area contributed by atoms with Gasteiger partial charge in [0, 0.05) is 0 Å². The van der Waals surface area contributed by atoms with Crippen LogP contribution in [0.15, 0.2) is 0 Å². The van der Waals surface area contributed by atoms with Crippen molar-refractivity contribution in [1.29, 1.82) is 0 Å². The molecule has 0 saturated heterocycles. The third kappa shape index (κ3) is 526. The average molecular weight is 608 g/mol. The first-order valence-corrected chi connectivity index (χ1v) is 9.00. The maximum atomic E-state index is 2.22. The van der Waals surface area contributed by atoms with E-state index < -0.39 is 0 Å². The van der Waals surface area contributed by atoms with Gasteiger partial charge in [-0.05, 0) is 0 Å². The Balaban J connectivity index is -0.0000000277. The molecule has 0 aliphatic carbocycles. The van der Waals surface area contributed by atoms with Gasteiger partial charge in [0.25, 0.3) is 0 Å². The zero-order valence-electron chi connectivity index (χ0n) is 13.7. The van der Waals surface area contributed by atoms with E-state index in [1.54, 1.807) is 55.8 Å². The molecule has 0 aromatic heterocycles. The van der Waals surface area contributed by atoms with E-state index in [0.717, 1.165) is 0 Å². The van der Waals surface area contributed by atoms with Crippen molar-refractivity contribution in [1.82, 2.24) is 0 Å². The predicted molar refractivity (Wildman–Crippen MR) is 97.9 cm³/mol. The Morgan fingerprint density at radius 3 is 0.389 bits per heavy atom. The van der Waals surface area contributed by atoms with Gasteiger partial charge in [-0.1, -0.05) is 0 Å². The molecule has 0 aromatic carbocycles. The molecule has 0 fully saturated rings. The first kappa shape index (κ1) is 37.7. The van der Waals surface area contributed by atoms with Crippen LogP contribution in [0.2, 0.25) is 11.9 Å². The summed E-state index contributed by atoms with van der Waals surface area (Å²) in [4.78, 5) is 0. The zero-order chi connectivity index (χ0) is 13.5. The molecule has 12 radical (unpaired) electrons. The normalized spacial score (nSPS) is 9.83. The van der Waals surface area contributed by atoms with Crippen LogP contribution in [0.1, 0.15) is 62.3 Å². The standard InChI is InChI=1S/3C4H9.3AsH.3Ga/c3*1-4(2)3;;;;;;/h3*1-3H3;3*1H;;;. The molecule has 0 aliphatic heterocycles. The fourth-order valence-corrected chi connectivity index (χ4v) is 0. The predicted octanol–water partition coefficient (Wildman–Crippen LogP) is 2.17. The van der Waals surface area contributed by atoms with E-state index in [-0.39, 0.29) is 53.9 Å². The Kier molecular flexibility index (Phi) is 35.5. The zero-order valence-corrected chi connectivity index (χ0v) is 27.3. The minimum absolute atomic E-state index is 0. The number of hydrogen-bond acceptors (Lipinski definition) is 0. The molecule has 0 heterocycles. The van der Waals surface area contributed by atoms with Crippen molar-refractivity contribution in [2.24, 2.45) is 0 Å². The fourth-order valence-electron chi connectivity index (χ4n) is 0. The maximum absolute atomic E-state index is 2.22. The molecule has 0 bridgehead atoms. The van der Waals surface area contributed by atoms with Gasteiger partial charge in [0.1, 0.15) is 0 Å². The molecule has 0 aliphatic rings. The second-order valence-corrected chi connectivity index (χ2v) is 18.0. The van der Waals surface area contributed by atoms with Crippen LogP contribution in [0.3, 0.4) is 0 Å². The fraction of sp³-hybridized carbons (Fsp3) is 1.00. The van der Waals surface area contributed by atoms with Gasteiger partial charge >= 0.3 is 184 Å². The first-order valence-electron chi connectivity index (χ1n) is 5.37. The van der Waals surface area contributed by atoms with Crippen molar-refractivity contribution in [2.75, 3.05) is 0 Å². The Morgan fingerprint density at radius 2 is 0.389 bits per heavy atom. The van der Waals surface area contributed by atoms with E-state index >= 15 is 0 Å². The van der Waals surface area contributed by atoms with E-state index in [1.165, 1.54) is 0 Å². The molecular weight excluding hydrogens is 578 g/mol. The molecule has 0 atom stereocenters. The summed E-state index contributed by atoms with van der Waals surface area (Å²) in [6.45, 7) is 19.9. The molecule has 0 unspecified atom stereocenters. The van der Waals surface area contributed by atoms with Gasteiger partial charge in [-0.15, -0.1) is 0 Å². The van der Waals surface area contributed by atoms with Crippen molar-refractivity contribution in [3.8, 4) is 0 Å². The Labute approximate surface area is 181 Å². The second kappa shape index (κ2) is 16.9. The molecule has 0 N–H and O–H groups in total. The topological polar surface area (TPSA) is 0 Å². The van der Waals surface area contributed by atoms with E-state index in [1.807, 2.05) is 0 Å². The number of rotatable bonds is 0. The Hall–Kier alpha value is 3.58. The van der Waals surface area contributed by atoms with Gasteiger partial charge in [-0.2, -0.15) is 0 Å². The molecule has 6 heteroatoms. The van der Waals surface area contributed by atoms with Gasteiger partial charge in [0.2, 0.25) is 0 Å². The van der Waals surface area contributed by atoms with Crippen molar-refractivity contribution >= 4 is 110 Å².